The van der Waals surface area contributed by atoms with Gasteiger partial charge < -0.3 is 4.90 Å². The molecule has 0 radical (unpaired) electrons. The molecule has 2 aromatic rings. The van der Waals surface area contributed by atoms with Crippen molar-refractivity contribution >= 4 is 23.2 Å². The highest BCUT2D eigenvalue weighted by molar-refractivity contribution is 7.97. The summed E-state index contributed by atoms with van der Waals surface area (Å²) in [5, 5.41) is 0. The van der Waals surface area contributed by atoms with Crippen LogP contribution in [0, 0.1) is 11.6 Å². The zero-order valence-corrected chi connectivity index (χ0v) is 15.3. The van der Waals surface area contributed by atoms with E-state index in [2.05, 4.69) is 4.99 Å². The number of halogens is 6. The number of thioether (sulfide) groups is 1. The zero-order valence-electron chi connectivity index (χ0n) is 14.5. The van der Waals surface area contributed by atoms with Gasteiger partial charge in [-0.05, 0) is 42.2 Å². The van der Waals surface area contributed by atoms with Gasteiger partial charge in [0, 0.05) is 29.3 Å². The molecule has 3 rings (SSSR count). The number of hydrogen-bond donors (Lipinski definition) is 0. The van der Waals surface area contributed by atoms with E-state index in [1.54, 1.807) is 6.26 Å². The molecule has 0 saturated heterocycles. The lowest BCUT2D eigenvalue weighted by atomic mass is 10.1. The Labute approximate surface area is 161 Å². The Morgan fingerprint density at radius 3 is 2.43 bits per heavy atom. The van der Waals surface area contributed by atoms with Gasteiger partial charge in [-0.15, -0.1) is 0 Å². The van der Waals surface area contributed by atoms with Gasteiger partial charge >= 0.3 is 6.18 Å². The Morgan fingerprint density at radius 2 is 1.82 bits per heavy atom. The average molecular weight is 416 g/mol. The molecule has 1 aliphatic heterocycles. The number of aliphatic imine (C=N–C) groups is 1. The number of allylic oxidation sites excluding steroid dienone is 1. The molecule has 2 nitrogen and oxygen atoms in total. The summed E-state index contributed by atoms with van der Waals surface area (Å²) in [6, 6.07) is 6.13. The lowest BCUT2D eigenvalue weighted by Crippen LogP contribution is -2.25. The van der Waals surface area contributed by atoms with E-state index < -0.39 is 29.2 Å². The topological polar surface area (TPSA) is 15.6 Å². The first-order valence-corrected chi connectivity index (χ1v) is 9.42. The fourth-order valence-electron chi connectivity index (χ4n) is 2.77. The van der Waals surface area contributed by atoms with Gasteiger partial charge in [-0.25, -0.2) is 13.2 Å². The Balaban J connectivity index is 1.95. The normalized spacial score (nSPS) is 14.8. The Bertz CT molecular complexity index is 952. The molecule has 28 heavy (non-hydrogen) atoms. The lowest BCUT2D eigenvalue weighted by Gasteiger charge is -2.25. The van der Waals surface area contributed by atoms with E-state index in [0.29, 0.717) is 17.4 Å². The van der Waals surface area contributed by atoms with Crippen LogP contribution in [-0.2, 0) is 11.9 Å². The Hall–Kier alpha value is -2.42. The second kappa shape index (κ2) is 7.90. The smallest absolute Gasteiger partial charge is 0.325 e. The first kappa shape index (κ1) is 20.3. The third-order valence-corrected chi connectivity index (χ3v) is 4.63. The minimum atomic E-state index is -4.55. The molecule has 2 aromatic carbocycles. The number of benzene rings is 2. The fourth-order valence-corrected chi connectivity index (χ4v) is 3.27. The molecule has 1 heterocycles. The maximum Gasteiger partial charge on any atom is 0.416 e. The molecular weight excluding hydrogens is 402 g/mol. The molecule has 0 unspecified atom stereocenters. The van der Waals surface area contributed by atoms with E-state index in [1.807, 2.05) is 0 Å². The average Bonchev–Trinajstić information content (AvgIpc) is 2.61. The maximum atomic E-state index is 14.5. The minimum absolute atomic E-state index is 0.122. The largest absolute Gasteiger partial charge is 0.416 e. The van der Waals surface area contributed by atoms with Gasteiger partial charge in [0.05, 0.1) is 5.56 Å². The number of anilines is 1. The summed E-state index contributed by atoms with van der Waals surface area (Å²) in [5.74, 6) is -2.36. The van der Waals surface area contributed by atoms with Crippen LogP contribution in [-0.4, -0.2) is 18.6 Å². The first-order chi connectivity index (χ1) is 13.2. The van der Waals surface area contributed by atoms with Crippen molar-refractivity contribution in [1.82, 2.24) is 0 Å². The molecular formula is C19H14F6N2S. The fraction of sp³-hybridized carbons (Fsp3) is 0.211. The quantitative estimate of drug-likeness (QED) is 0.575. The molecule has 0 atom stereocenters. The van der Waals surface area contributed by atoms with E-state index in [1.165, 1.54) is 22.7 Å². The third-order valence-electron chi connectivity index (χ3n) is 4.01. The predicted molar refractivity (Wildman–Crippen MR) is 98.1 cm³/mol. The summed E-state index contributed by atoms with van der Waals surface area (Å²) in [4.78, 5) is 5.15. The van der Waals surface area contributed by atoms with Crippen molar-refractivity contribution in [1.29, 1.82) is 0 Å². The summed E-state index contributed by atoms with van der Waals surface area (Å²) in [6.07, 6.45) is -1.83. The number of hydrogen-bond acceptors (Lipinski definition) is 3. The maximum absolute atomic E-state index is 14.5. The number of rotatable bonds is 4. The summed E-state index contributed by atoms with van der Waals surface area (Å²) < 4.78 is 81.0. The van der Waals surface area contributed by atoms with Gasteiger partial charge in [-0.3, -0.25) is 4.99 Å². The Kier molecular flexibility index (Phi) is 5.74. The van der Waals surface area contributed by atoms with Crippen LogP contribution in [0.4, 0.5) is 32.0 Å². The van der Waals surface area contributed by atoms with Gasteiger partial charge in [0.15, 0.2) is 5.83 Å². The molecule has 148 valence electrons. The molecule has 0 aromatic heterocycles. The molecule has 0 saturated carbocycles. The second-order valence-electron chi connectivity index (χ2n) is 6.04. The van der Waals surface area contributed by atoms with E-state index in [4.69, 9.17) is 0 Å². The highest BCUT2D eigenvalue weighted by Crippen LogP contribution is 2.34. The molecule has 0 N–H and O–H groups in total. The minimum Gasteiger partial charge on any atom is -0.325 e. The van der Waals surface area contributed by atoms with E-state index in [0.717, 1.165) is 30.5 Å². The second-order valence-corrected chi connectivity index (χ2v) is 6.90. The van der Waals surface area contributed by atoms with E-state index in [9.17, 15) is 26.3 Å². The highest BCUT2D eigenvalue weighted by Gasteiger charge is 2.32. The molecule has 0 spiro atoms. The monoisotopic (exact) mass is 416 g/mol. The van der Waals surface area contributed by atoms with Crippen molar-refractivity contribution in [2.24, 2.45) is 4.99 Å². The van der Waals surface area contributed by atoms with Crippen LogP contribution in [0.2, 0.25) is 0 Å². The lowest BCUT2D eigenvalue weighted by molar-refractivity contribution is -0.137. The molecule has 0 fully saturated rings. The van der Waals surface area contributed by atoms with Crippen molar-refractivity contribution < 1.29 is 26.3 Å². The van der Waals surface area contributed by atoms with E-state index >= 15 is 0 Å². The summed E-state index contributed by atoms with van der Waals surface area (Å²) in [5.41, 5.74) is -0.823. The van der Waals surface area contributed by atoms with Crippen LogP contribution >= 0.6 is 11.8 Å². The van der Waals surface area contributed by atoms with Crippen molar-refractivity contribution in [3.05, 3.63) is 76.7 Å². The van der Waals surface area contributed by atoms with Crippen molar-refractivity contribution in [3.63, 3.8) is 0 Å². The van der Waals surface area contributed by atoms with Crippen molar-refractivity contribution in [3.8, 4) is 0 Å². The number of alkyl halides is 3. The van der Waals surface area contributed by atoms with Crippen LogP contribution in [0.5, 0.6) is 0 Å². The van der Waals surface area contributed by atoms with Gasteiger partial charge in [0.25, 0.3) is 0 Å². The van der Waals surface area contributed by atoms with Crippen LogP contribution in [0.1, 0.15) is 16.7 Å². The van der Waals surface area contributed by atoms with Crippen molar-refractivity contribution in [2.75, 3.05) is 17.8 Å². The van der Waals surface area contributed by atoms with Gasteiger partial charge in [-0.1, -0.05) is 0 Å². The van der Waals surface area contributed by atoms with Gasteiger partial charge in [0.1, 0.15) is 24.0 Å². The van der Waals surface area contributed by atoms with E-state index in [-0.39, 0.29) is 23.6 Å². The van der Waals surface area contributed by atoms with Crippen LogP contribution in [0.25, 0.3) is 0 Å². The van der Waals surface area contributed by atoms with Gasteiger partial charge in [-0.2, -0.15) is 24.9 Å². The van der Waals surface area contributed by atoms with Crippen molar-refractivity contribution in [2.45, 2.75) is 11.9 Å². The molecule has 9 heteroatoms. The summed E-state index contributed by atoms with van der Waals surface area (Å²) in [6.45, 7) is -0.209. The highest BCUT2D eigenvalue weighted by atomic mass is 32.2. The number of nitrogens with zero attached hydrogens (tertiary/aromatic N) is 2. The molecule has 1 aliphatic rings. The van der Waals surface area contributed by atoms with Crippen LogP contribution in [0.3, 0.4) is 0 Å². The Morgan fingerprint density at radius 1 is 1.07 bits per heavy atom. The summed E-state index contributed by atoms with van der Waals surface area (Å²) >= 11 is 1.36. The predicted octanol–water partition coefficient (Wildman–Crippen LogP) is 5.92. The first-order valence-electron chi connectivity index (χ1n) is 8.03. The molecule has 0 bridgehead atoms. The van der Waals surface area contributed by atoms with Crippen LogP contribution < -0.4 is 4.90 Å². The van der Waals surface area contributed by atoms with Gasteiger partial charge in [0.2, 0.25) is 0 Å². The summed E-state index contributed by atoms with van der Waals surface area (Å²) in [7, 11) is 0. The standard InChI is InChI=1S/C19H14F6N2S/c1-28-9-11-4-12(19(23,24)25)6-14(5-11)27-8-17(22)18(26-10-27)15-3-2-13(20)7-16(15)21/h2-8H,9-10H2,1H3. The zero-order chi connectivity index (χ0) is 20.5. The van der Waals surface area contributed by atoms with Crippen LogP contribution in [0.15, 0.2) is 53.4 Å². The molecule has 0 amide bonds. The molecule has 0 aliphatic carbocycles. The third kappa shape index (κ3) is 4.35. The SMILES string of the molecule is CSCc1cc(N2C=C(F)C(c3ccc(F)cc3F)=NC2)cc(C(F)(F)F)c1.